The number of phenols is 1. The Kier molecular flexibility index (Phi) is 3.13. The van der Waals surface area contributed by atoms with Crippen molar-refractivity contribution in [3.05, 3.63) is 42.0 Å². The number of aromatic hydroxyl groups is 1. The molecule has 0 spiro atoms. The topological polar surface area (TPSA) is 49.3 Å². The number of hydrogen-bond acceptors (Lipinski definition) is 2. The van der Waals surface area contributed by atoms with E-state index < -0.39 is 0 Å². The van der Waals surface area contributed by atoms with Crippen LogP contribution in [0.4, 0.5) is 0 Å². The van der Waals surface area contributed by atoms with Crippen molar-refractivity contribution in [1.82, 2.24) is 5.32 Å². The molecule has 1 aliphatic carbocycles. The van der Waals surface area contributed by atoms with E-state index >= 15 is 0 Å². The lowest BCUT2D eigenvalue weighted by Gasteiger charge is -2.25. The van der Waals surface area contributed by atoms with Crippen LogP contribution in [0.1, 0.15) is 43.0 Å². The minimum atomic E-state index is -0.183. The van der Waals surface area contributed by atoms with E-state index in [2.05, 4.69) is 12.2 Å². The van der Waals surface area contributed by atoms with Crippen LogP contribution in [-0.2, 0) is 0 Å². The van der Waals surface area contributed by atoms with Crippen LogP contribution in [0.3, 0.4) is 0 Å². The van der Waals surface area contributed by atoms with Gasteiger partial charge in [0, 0.05) is 10.9 Å². The highest BCUT2D eigenvalue weighted by molar-refractivity contribution is 6.03. The Hall–Kier alpha value is -2.03. The second-order valence-electron chi connectivity index (χ2n) is 5.90. The first-order valence-electron chi connectivity index (χ1n) is 7.12. The maximum absolute atomic E-state index is 12.4. The summed E-state index contributed by atoms with van der Waals surface area (Å²) < 4.78 is 0. The molecule has 0 aromatic heterocycles. The fourth-order valence-corrected chi connectivity index (χ4v) is 3.06. The van der Waals surface area contributed by atoms with Gasteiger partial charge in [-0.3, -0.25) is 4.79 Å². The Balaban J connectivity index is 1.93. The van der Waals surface area contributed by atoms with E-state index in [1.165, 1.54) is 0 Å². The molecule has 1 saturated carbocycles. The maximum atomic E-state index is 12.4. The monoisotopic (exact) mass is 269 g/mol. The summed E-state index contributed by atoms with van der Waals surface area (Å²) in [7, 11) is 0. The third-order valence-electron chi connectivity index (χ3n) is 4.27. The SMILES string of the molecule is CC1(NC(=O)c2ccc3ccccc3c2O)CCCC1. The molecule has 2 aromatic rings. The molecular formula is C17H19NO2. The van der Waals surface area contributed by atoms with E-state index in [0.29, 0.717) is 5.56 Å². The van der Waals surface area contributed by atoms with Crippen LogP contribution < -0.4 is 5.32 Å². The molecule has 2 aromatic carbocycles. The van der Waals surface area contributed by atoms with Crippen molar-refractivity contribution in [3.63, 3.8) is 0 Å². The third kappa shape index (κ3) is 2.24. The summed E-state index contributed by atoms with van der Waals surface area (Å²) in [6, 6.07) is 11.1. The van der Waals surface area contributed by atoms with Crippen LogP contribution in [0.25, 0.3) is 10.8 Å². The maximum Gasteiger partial charge on any atom is 0.255 e. The number of nitrogens with one attached hydrogen (secondary N) is 1. The molecule has 0 unspecified atom stereocenters. The quantitative estimate of drug-likeness (QED) is 0.875. The lowest BCUT2D eigenvalue weighted by atomic mass is 9.99. The Bertz CT molecular complexity index is 657. The van der Waals surface area contributed by atoms with E-state index in [4.69, 9.17) is 0 Å². The number of fused-ring (bicyclic) bond motifs is 1. The van der Waals surface area contributed by atoms with Crippen molar-refractivity contribution < 1.29 is 9.90 Å². The molecule has 104 valence electrons. The van der Waals surface area contributed by atoms with Gasteiger partial charge in [-0.2, -0.15) is 0 Å². The second kappa shape index (κ2) is 4.82. The standard InChI is InChI=1S/C17H19NO2/c1-17(10-4-5-11-17)18-16(20)14-9-8-12-6-2-3-7-13(12)15(14)19/h2-3,6-9,19H,4-5,10-11H2,1H3,(H,18,20). The highest BCUT2D eigenvalue weighted by atomic mass is 16.3. The Morgan fingerprint density at radius 1 is 1.15 bits per heavy atom. The predicted octanol–water partition coefficient (Wildman–Crippen LogP) is 3.61. The minimum Gasteiger partial charge on any atom is -0.506 e. The number of phenolic OH excluding ortho intramolecular Hbond substituents is 1. The van der Waals surface area contributed by atoms with E-state index in [1.807, 2.05) is 30.3 Å². The van der Waals surface area contributed by atoms with Gasteiger partial charge in [-0.15, -0.1) is 0 Å². The van der Waals surface area contributed by atoms with E-state index in [9.17, 15) is 9.90 Å². The normalized spacial score (nSPS) is 17.2. The van der Waals surface area contributed by atoms with Crippen LogP contribution in [0.15, 0.2) is 36.4 Å². The molecule has 0 heterocycles. The van der Waals surface area contributed by atoms with Gasteiger partial charge in [-0.1, -0.05) is 43.2 Å². The average Bonchev–Trinajstić information content (AvgIpc) is 2.85. The molecule has 2 N–H and O–H groups in total. The van der Waals surface area contributed by atoms with Gasteiger partial charge >= 0.3 is 0 Å². The first kappa shape index (κ1) is 13.0. The summed E-state index contributed by atoms with van der Waals surface area (Å²) in [5.74, 6) is -0.111. The summed E-state index contributed by atoms with van der Waals surface area (Å²) in [4.78, 5) is 12.4. The van der Waals surface area contributed by atoms with Crippen molar-refractivity contribution >= 4 is 16.7 Å². The van der Waals surface area contributed by atoms with Crippen molar-refractivity contribution in [2.75, 3.05) is 0 Å². The lowest BCUT2D eigenvalue weighted by Crippen LogP contribution is -2.43. The lowest BCUT2D eigenvalue weighted by molar-refractivity contribution is 0.0905. The summed E-state index contributed by atoms with van der Waals surface area (Å²) in [6.45, 7) is 2.08. The predicted molar refractivity (Wildman–Crippen MR) is 80.0 cm³/mol. The van der Waals surface area contributed by atoms with E-state index in [1.54, 1.807) is 6.07 Å². The van der Waals surface area contributed by atoms with E-state index in [0.717, 1.165) is 36.5 Å². The number of rotatable bonds is 2. The van der Waals surface area contributed by atoms with Crippen molar-refractivity contribution in [3.8, 4) is 5.75 Å². The number of amides is 1. The fraction of sp³-hybridized carbons (Fsp3) is 0.353. The molecule has 0 atom stereocenters. The van der Waals surface area contributed by atoms with Crippen LogP contribution in [0.2, 0.25) is 0 Å². The molecule has 0 bridgehead atoms. The molecule has 1 aliphatic rings. The van der Waals surface area contributed by atoms with Crippen molar-refractivity contribution in [2.45, 2.75) is 38.1 Å². The zero-order chi connectivity index (χ0) is 14.2. The Morgan fingerprint density at radius 2 is 1.85 bits per heavy atom. The van der Waals surface area contributed by atoms with E-state index in [-0.39, 0.29) is 17.2 Å². The molecule has 3 heteroatoms. The third-order valence-corrected chi connectivity index (χ3v) is 4.27. The minimum absolute atomic E-state index is 0.0715. The van der Waals surface area contributed by atoms with Gasteiger partial charge in [0.05, 0.1) is 5.56 Å². The van der Waals surface area contributed by atoms with Gasteiger partial charge in [-0.05, 0) is 31.2 Å². The van der Waals surface area contributed by atoms with Crippen LogP contribution in [0.5, 0.6) is 5.75 Å². The highest BCUT2D eigenvalue weighted by Gasteiger charge is 2.31. The second-order valence-corrected chi connectivity index (χ2v) is 5.90. The molecule has 3 nitrogen and oxygen atoms in total. The van der Waals surface area contributed by atoms with Gasteiger partial charge < -0.3 is 10.4 Å². The molecular weight excluding hydrogens is 250 g/mol. The number of hydrogen-bond donors (Lipinski definition) is 2. The van der Waals surface area contributed by atoms with Crippen LogP contribution in [0, 0.1) is 0 Å². The molecule has 20 heavy (non-hydrogen) atoms. The van der Waals surface area contributed by atoms with Gasteiger partial charge in [0.2, 0.25) is 0 Å². The number of benzene rings is 2. The Morgan fingerprint density at radius 3 is 2.60 bits per heavy atom. The number of carbonyl (C=O) groups excluding carboxylic acids is 1. The van der Waals surface area contributed by atoms with Gasteiger partial charge in [0.15, 0.2) is 0 Å². The van der Waals surface area contributed by atoms with Gasteiger partial charge in [0.25, 0.3) is 5.91 Å². The molecule has 0 aliphatic heterocycles. The summed E-state index contributed by atoms with van der Waals surface area (Å²) in [5.41, 5.74) is 0.228. The molecule has 3 rings (SSSR count). The van der Waals surface area contributed by atoms with Gasteiger partial charge in [0.1, 0.15) is 5.75 Å². The molecule has 1 fully saturated rings. The number of carbonyl (C=O) groups is 1. The van der Waals surface area contributed by atoms with Crippen LogP contribution >= 0.6 is 0 Å². The van der Waals surface area contributed by atoms with Crippen molar-refractivity contribution in [1.29, 1.82) is 0 Å². The Labute approximate surface area is 118 Å². The molecule has 0 radical (unpaired) electrons. The zero-order valence-corrected chi connectivity index (χ0v) is 11.6. The fourth-order valence-electron chi connectivity index (χ4n) is 3.06. The average molecular weight is 269 g/mol. The summed E-state index contributed by atoms with van der Waals surface area (Å²) in [6.07, 6.45) is 4.32. The summed E-state index contributed by atoms with van der Waals surface area (Å²) in [5, 5.41) is 15.1. The molecule has 1 amide bonds. The summed E-state index contributed by atoms with van der Waals surface area (Å²) >= 11 is 0. The van der Waals surface area contributed by atoms with Crippen LogP contribution in [-0.4, -0.2) is 16.6 Å². The zero-order valence-electron chi connectivity index (χ0n) is 11.6. The highest BCUT2D eigenvalue weighted by Crippen LogP contribution is 2.32. The largest absolute Gasteiger partial charge is 0.506 e. The van der Waals surface area contributed by atoms with Crippen molar-refractivity contribution in [2.24, 2.45) is 0 Å². The van der Waals surface area contributed by atoms with Gasteiger partial charge in [-0.25, -0.2) is 0 Å². The molecule has 0 saturated heterocycles. The first-order valence-corrected chi connectivity index (χ1v) is 7.12. The first-order chi connectivity index (χ1) is 9.59. The smallest absolute Gasteiger partial charge is 0.255 e.